The molecule has 0 aromatic heterocycles. The zero-order chi connectivity index (χ0) is 17.3. The van der Waals surface area contributed by atoms with Gasteiger partial charge in [0.2, 0.25) is 5.91 Å². The highest BCUT2D eigenvalue weighted by molar-refractivity contribution is 5.90. The number of unbranched alkanes of at least 4 members (excludes halogenated alkanes) is 2. The van der Waals surface area contributed by atoms with Gasteiger partial charge in [-0.15, -0.1) is 0 Å². The smallest absolute Gasteiger partial charge is 0.407 e. The molecule has 1 aromatic carbocycles. The Kier molecular flexibility index (Phi) is 7.59. The first-order valence-electron chi connectivity index (χ1n) is 8.16. The van der Waals surface area contributed by atoms with Crippen LogP contribution in [0.4, 0.5) is 10.5 Å². The van der Waals surface area contributed by atoms with Crippen molar-refractivity contribution in [2.24, 2.45) is 0 Å². The SMILES string of the molecule is CCCCCC(=O)Nc1ccc(CNC(=O)OC(C)(C)C)cc1. The van der Waals surface area contributed by atoms with Crippen molar-refractivity contribution in [2.75, 3.05) is 5.32 Å². The molecule has 0 radical (unpaired) electrons. The first-order chi connectivity index (χ1) is 10.8. The molecule has 23 heavy (non-hydrogen) atoms. The molecule has 0 bridgehead atoms. The lowest BCUT2D eigenvalue weighted by atomic mass is 10.2. The summed E-state index contributed by atoms with van der Waals surface area (Å²) in [5.41, 5.74) is 1.21. The van der Waals surface area contributed by atoms with Gasteiger partial charge in [-0.3, -0.25) is 4.79 Å². The number of ether oxygens (including phenoxy) is 1. The van der Waals surface area contributed by atoms with Crippen LogP contribution in [0.25, 0.3) is 0 Å². The molecule has 0 heterocycles. The molecule has 0 unspecified atom stereocenters. The van der Waals surface area contributed by atoms with Crippen LogP contribution in [0.2, 0.25) is 0 Å². The van der Waals surface area contributed by atoms with Crippen molar-refractivity contribution in [2.45, 2.75) is 65.5 Å². The fourth-order valence-corrected chi connectivity index (χ4v) is 1.95. The molecule has 2 amide bonds. The molecule has 5 nitrogen and oxygen atoms in total. The van der Waals surface area contributed by atoms with Crippen molar-refractivity contribution in [3.05, 3.63) is 29.8 Å². The predicted molar refractivity (Wildman–Crippen MR) is 92.3 cm³/mol. The summed E-state index contributed by atoms with van der Waals surface area (Å²) in [7, 11) is 0. The van der Waals surface area contributed by atoms with Gasteiger partial charge in [0.25, 0.3) is 0 Å². The number of carbonyl (C=O) groups is 2. The van der Waals surface area contributed by atoms with Gasteiger partial charge in [-0.1, -0.05) is 31.9 Å². The van der Waals surface area contributed by atoms with Crippen LogP contribution in [-0.4, -0.2) is 17.6 Å². The van der Waals surface area contributed by atoms with Crippen LogP contribution < -0.4 is 10.6 Å². The Bertz CT molecular complexity index is 504. The molecular weight excluding hydrogens is 292 g/mol. The number of benzene rings is 1. The third-order valence-corrected chi connectivity index (χ3v) is 3.08. The van der Waals surface area contributed by atoms with Crippen LogP contribution in [0, 0.1) is 0 Å². The normalized spacial score (nSPS) is 11.0. The summed E-state index contributed by atoms with van der Waals surface area (Å²) in [5, 5.41) is 5.57. The molecule has 0 aliphatic heterocycles. The van der Waals surface area contributed by atoms with Crippen molar-refractivity contribution in [3.8, 4) is 0 Å². The number of nitrogens with one attached hydrogen (secondary N) is 2. The van der Waals surface area contributed by atoms with E-state index in [0.717, 1.165) is 30.5 Å². The highest BCUT2D eigenvalue weighted by atomic mass is 16.6. The number of alkyl carbamates (subject to hydrolysis) is 1. The fourth-order valence-electron chi connectivity index (χ4n) is 1.95. The van der Waals surface area contributed by atoms with Gasteiger partial charge in [-0.2, -0.15) is 0 Å². The third-order valence-electron chi connectivity index (χ3n) is 3.08. The number of amides is 2. The average molecular weight is 320 g/mol. The summed E-state index contributed by atoms with van der Waals surface area (Å²) in [6.07, 6.45) is 3.21. The van der Waals surface area contributed by atoms with E-state index in [1.807, 2.05) is 45.0 Å². The molecule has 2 N–H and O–H groups in total. The lowest BCUT2D eigenvalue weighted by Gasteiger charge is -2.19. The summed E-state index contributed by atoms with van der Waals surface area (Å²) < 4.78 is 5.18. The van der Waals surface area contributed by atoms with E-state index < -0.39 is 11.7 Å². The second-order valence-electron chi connectivity index (χ2n) is 6.56. The van der Waals surface area contributed by atoms with E-state index in [2.05, 4.69) is 17.6 Å². The van der Waals surface area contributed by atoms with Crippen LogP contribution >= 0.6 is 0 Å². The summed E-state index contributed by atoms with van der Waals surface area (Å²) >= 11 is 0. The van der Waals surface area contributed by atoms with Gasteiger partial charge in [0, 0.05) is 18.7 Å². The number of hydrogen-bond donors (Lipinski definition) is 2. The monoisotopic (exact) mass is 320 g/mol. The molecule has 0 saturated carbocycles. The van der Waals surface area contributed by atoms with E-state index in [9.17, 15) is 9.59 Å². The maximum Gasteiger partial charge on any atom is 0.407 e. The van der Waals surface area contributed by atoms with Crippen molar-refractivity contribution in [3.63, 3.8) is 0 Å². The Morgan fingerprint density at radius 2 is 1.74 bits per heavy atom. The summed E-state index contributed by atoms with van der Waals surface area (Å²) in [6.45, 7) is 7.97. The molecular formula is C18H28N2O3. The zero-order valence-corrected chi connectivity index (χ0v) is 14.6. The van der Waals surface area contributed by atoms with E-state index in [1.54, 1.807) is 0 Å². The fraction of sp³-hybridized carbons (Fsp3) is 0.556. The van der Waals surface area contributed by atoms with Crippen molar-refractivity contribution in [1.29, 1.82) is 0 Å². The maximum atomic E-state index is 11.7. The minimum Gasteiger partial charge on any atom is -0.444 e. The van der Waals surface area contributed by atoms with E-state index in [-0.39, 0.29) is 5.91 Å². The molecule has 128 valence electrons. The molecule has 5 heteroatoms. The van der Waals surface area contributed by atoms with Crippen LogP contribution in [-0.2, 0) is 16.1 Å². The first kappa shape index (κ1) is 19.0. The predicted octanol–water partition coefficient (Wildman–Crippen LogP) is 4.23. The second kappa shape index (κ2) is 9.18. The number of anilines is 1. The highest BCUT2D eigenvalue weighted by Gasteiger charge is 2.15. The Morgan fingerprint density at radius 3 is 2.30 bits per heavy atom. The zero-order valence-electron chi connectivity index (χ0n) is 14.6. The number of rotatable bonds is 7. The van der Waals surface area contributed by atoms with Gasteiger partial charge in [0.05, 0.1) is 0 Å². The Balaban J connectivity index is 2.38. The highest BCUT2D eigenvalue weighted by Crippen LogP contribution is 2.11. The van der Waals surface area contributed by atoms with Crippen LogP contribution in [0.15, 0.2) is 24.3 Å². The molecule has 1 aromatic rings. The minimum absolute atomic E-state index is 0.0399. The lowest BCUT2D eigenvalue weighted by Crippen LogP contribution is -2.32. The van der Waals surface area contributed by atoms with Gasteiger partial charge in [-0.05, 0) is 44.9 Å². The number of carbonyl (C=O) groups excluding carboxylic acids is 2. The summed E-state index contributed by atoms with van der Waals surface area (Å²) in [4.78, 5) is 23.3. The van der Waals surface area contributed by atoms with Gasteiger partial charge < -0.3 is 15.4 Å². The molecule has 0 fully saturated rings. The maximum absolute atomic E-state index is 11.7. The molecule has 0 aliphatic carbocycles. The molecule has 1 rings (SSSR count). The third kappa shape index (κ3) is 8.86. The Morgan fingerprint density at radius 1 is 1.09 bits per heavy atom. The van der Waals surface area contributed by atoms with E-state index in [1.165, 1.54) is 0 Å². The number of hydrogen-bond acceptors (Lipinski definition) is 3. The van der Waals surface area contributed by atoms with Crippen molar-refractivity contribution in [1.82, 2.24) is 5.32 Å². The van der Waals surface area contributed by atoms with Crippen molar-refractivity contribution < 1.29 is 14.3 Å². The van der Waals surface area contributed by atoms with E-state index in [4.69, 9.17) is 4.74 Å². The lowest BCUT2D eigenvalue weighted by molar-refractivity contribution is -0.116. The second-order valence-corrected chi connectivity index (χ2v) is 6.56. The largest absolute Gasteiger partial charge is 0.444 e. The molecule has 0 atom stereocenters. The van der Waals surface area contributed by atoms with Gasteiger partial charge in [-0.25, -0.2) is 4.79 Å². The van der Waals surface area contributed by atoms with Crippen LogP contribution in [0.5, 0.6) is 0 Å². The summed E-state index contributed by atoms with van der Waals surface area (Å²) in [5.74, 6) is 0.0399. The standard InChI is InChI=1S/C18H28N2O3/c1-5-6-7-8-16(21)20-15-11-9-14(10-12-15)13-19-17(22)23-18(2,3)4/h9-12H,5-8,13H2,1-4H3,(H,19,22)(H,20,21). The molecule has 0 saturated heterocycles. The Labute approximate surface area is 138 Å². The first-order valence-corrected chi connectivity index (χ1v) is 8.16. The van der Waals surface area contributed by atoms with Crippen molar-refractivity contribution >= 4 is 17.7 Å². The van der Waals surface area contributed by atoms with Gasteiger partial charge >= 0.3 is 6.09 Å². The van der Waals surface area contributed by atoms with Gasteiger partial charge in [0.15, 0.2) is 0 Å². The van der Waals surface area contributed by atoms with E-state index in [0.29, 0.717) is 13.0 Å². The average Bonchev–Trinajstić information content (AvgIpc) is 2.45. The minimum atomic E-state index is -0.504. The van der Waals surface area contributed by atoms with Crippen LogP contribution in [0.1, 0.15) is 58.9 Å². The van der Waals surface area contributed by atoms with Gasteiger partial charge in [0.1, 0.15) is 5.60 Å². The Hall–Kier alpha value is -2.04. The molecule has 0 aliphatic rings. The topological polar surface area (TPSA) is 67.4 Å². The quantitative estimate of drug-likeness (QED) is 0.739. The summed E-state index contributed by atoms with van der Waals surface area (Å²) in [6, 6.07) is 7.42. The van der Waals surface area contributed by atoms with Crippen LogP contribution in [0.3, 0.4) is 0 Å². The molecule has 0 spiro atoms. The van der Waals surface area contributed by atoms with E-state index >= 15 is 0 Å².